The second kappa shape index (κ2) is 9.23. The summed E-state index contributed by atoms with van der Waals surface area (Å²) < 4.78 is 10.0. The Morgan fingerprint density at radius 2 is 1.30 bits per heavy atom. The highest BCUT2D eigenvalue weighted by Crippen LogP contribution is 2.28. The van der Waals surface area contributed by atoms with Crippen LogP contribution >= 0.6 is 0 Å². The molecule has 6 heteroatoms. The van der Waals surface area contributed by atoms with Crippen molar-refractivity contribution in [2.24, 2.45) is 11.8 Å². The first-order valence-corrected chi connectivity index (χ1v) is 8.79. The van der Waals surface area contributed by atoms with Gasteiger partial charge in [-0.2, -0.15) is 0 Å². The Morgan fingerprint density at radius 3 is 1.61 bits per heavy atom. The molecule has 23 heavy (non-hydrogen) atoms. The van der Waals surface area contributed by atoms with Gasteiger partial charge in [0.05, 0.1) is 26.1 Å². The van der Waals surface area contributed by atoms with Gasteiger partial charge in [-0.1, -0.05) is 12.8 Å². The fraction of sp³-hybridized carbons (Fsp3) is 0.882. The van der Waals surface area contributed by atoms with E-state index in [9.17, 15) is 9.59 Å². The molecule has 4 unspecified atom stereocenters. The number of carbonyl (C=O) groups is 2. The van der Waals surface area contributed by atoms with Crippen molar-refractivity contribution in [1.29, 1.82) is 0 Å². The third-order valence-corrected chi connectivity index (χ3v) is 5.18. The topological polar surface area (TPSA) is 76.7 Å². The normalized spacial score (nSPS) is 27.7. The summed E-state index contributed by atoms with van der Waals surface area (Å²) in [6.45, 7) is 1.84. The van der Waals surface area contributed by atoms with Crippen molar-refractivity contribution >= 4 is 11.9 Å². The first-order valence-electron chi connectivity index (χ1n) is 8.79. The number of esters is 2. The first-order chi connectivity index (χ1) is 11.2. The molecule has 2 N–H and O–H groups in total. The molecule has 2 heterocycles. The van der Waals surface area contributed by atoms with E-state index >= 15 is 0 Å². The van der Waals surface area contributed by atoms with E-state index in [0.29, 0.717) is 6.42 Å². The molecule has 6 nitrogen and oxygen atoms in total. The Morgan fingerprint density at radius 1 is 0.870 bits per heavy atom. The summed E-state index contributed by atoms with van der Waals surface area (Å²) in [6, 6.07) is 0.180. The van der Waals surface area contributed by atoms with Gasteiger partial charge in [-0.15, -0.1) is 0 Å². The Hall–Kier alpha value is -1.14. The molecule has 0 aromatic rings. The molecular weight excluding hydrogens is 296 g/mol. The summed E-state index contributed by atoms with van der Waals surface area (Å²) in [4.78, 5) is 24.6. The number of rotatable bonds is 6. The third kappa shape index (κ3) is 4.91. The van der Waals surface area contributed by atoms with Crippen LogP contribution in [-0.4, -0.2) is 51.3 Å². The van der Waals surface area contributed by atoms with Gasteiger partial charge in [0, 0.05) is 12.1 Å². The predicted octanol–water partition coefficient (Wildman–Crippen LogP) is 1.24. The molecule has 2 fully saturated rings. The summed E-state index contributed by atoms with van der Waals surface area (Å²) in [5.74, 6) is -1.05. The molecule has 0 aromatic carbocycles. The lowest BCUT2D eigenvalue weighted by atomic mass is 9.80. The van der Waals surface area contributed by atoms with Crippen LogP contribution in [0.5, 0.6) is 0 Å². The molecule has 0 aliphatic carbocycles. The molecule has 0 spiro atoms. The van der Waals surface area contributed by atoms with Gasteiger partial charge >= 0.3 is 11.9 Å². The minimum Gasteiger partial charge on any atom is -0.469 e. The van der Waals surface area contributed by atoms with Crippen LogP contribution in [0.1, 0.15) is 44.9 Å². The Balaban J connectivity index is 2.11. The van der Waals surface area contributed by atoms with E-state index < -0.39 is 0 Å². The Labute approximate surface area is 138 Å². The van der Waals surface area contributed by atoms with Crippen molar-refractivity contribution < 1.29 is 19.1 Å². The monoisotopic (exact) mass is 326 g/mol. The summed E-state index contributed by atoms with van der Waals surface area (Å²) in [7, 11) is 2.84. The van der Waals surface area contributed by atoms with Gasteiger partial charge < -0.3 is 20.1 Å². The largest absolute Gasteiger partial charge is 0.469 e. The van der Waals surface area contributed by atoms with Gasteiger partial charge in [-0.3, -0.25) is 9.59 Å². The molecule has 4 atom stereocenters. The number of nitrogens with one attached hydrogen (secondary N) is 2. The Kier molecular flexibility index (Phi) is 7.30. The van der Waals surface area contributed by atoms with E-state index in [1.54, 1.807) is 0 Å². The van der Waals surface area contributed by atoms with Crippen LogP contribution in [-0.2, 0) is 19.1 Å². The maximum absolute atomic E-state index is 12.3. The van der Waals surface area contributed by atoms with E-state index in [0.717, 1.165) is 51.6 Å². The quantitative estimate of drug-likeness (QED) is 0.715. The van der Waals surface area contributed by atoms with Gasteiger partial charge in [0.1, 0.15) is 0 Å². The maximum atomic E-state index is 12.3. The van der Waals surface area contributed by atoms with Crippen LogP contribution < -0.4 is 10.6 Å². The van der Waals surface area contributed by atoms with Gasteiger partial charge in [0.25, 0.3) is 0 Å². The number of hydrogen-bond acceptors (Lipinski definition) is 6. The highest BCUT2D eigenvalue weighted by Gasteiger charge is 2.38. The number of hydrogen-bond donors (Lipinski definition) is 2. The van der Waals surface area contributed by atoms with Crippen molar-refractivity contribution in [3.8, 4) is 0 Å². The summed E-state index contributed by atoms with van der Waals surface area (Å²) in [5, 5.41) is 6.85. The molecule has 2 aliphatic heterocycles. The van der Waals surface area contributed by atoms with Crippen LogP contribution in [0.15, 0.2) is 0 Å². The highest BCUT2D eigenvalue weighted by atomic mass is 16.5. The molecule has 0 radical (unpaired) electrons. The van der Waals surface area contributed by atoms with Crippen molar-refractivity contribution in [3.05, 3.63) is 0 Å². The molecule has 0 saturated carbocycles. The predicted molar refractivity (Wildman–Crippen MR) is 86.9 cm³/mol. The second-order valence-corrected chi connectivity index (χ2v) is 6.61. The standard InChI is InChI=1S/C17H30N2O4/c1-22-16(20)12(14-7-3-5-9-18-14)11-13(17(21)23-2)15-8-4-6-10-19-15/h12-15,18-19H,3-11H2,1-2H3. The zero-order valence-electron chi connectivity index (χ0n) is 14.3. The zero-order chi connectivity index (χ0) is 16.7. The van der Waals surface area contributed by atoms with Crippen molar-refractivity contribution in [2.75, 3.05) is 27.3 Å². The van der Waals surface area contributed by atoms with Crippen molar-refractivity contribution in [3.63, 3.8) is 0 Å². The van der Waals surface area contributed by atoms with Crippen LogP contribution in [0.3, 0.4) is 0 Å². The second-order valence-electron chi connectivity index (χ2n) is 6.61. The van der Waals surface area contributed by atoms with Crippen LogP contribution in [0.25, 0.3) is 0 Å². The fourth-order valence-electron chi connectivity index (χ4n) is 3.87. The molecule has 2 aliphatic rings. The lowest BCUT2D eigenvalue weighted by Gasteiger charge is -2.35. The summed E-state index contributed by atoms with van der Waals surface area (Å²) >= 11 is 0. The number of carbonyl (C=O) groups excluding carboxylic acids is 2. The average molecular weight is 326 g/mol. The smallest absolute Gasteiger partial charge is 0.310 e. The zero-order valence-corrected chi connectivity index (χ0v) is 14.3. The van der Waals surface area contributed by atoms with Crippen LogP contribution in [0.2, 0.25) is 0 Å². The fourth-order valence-corrected chi connectivity index (χ4v) is 3.87. The molecule has 2 rings (SSSR count). The lowest BCUT2D eigenvalue weighted by molar-refractivity contribution is -0.151. The van der Waals surface area contributed by atoms with Gasteiger partial charge in [0.2, 0.25) is 0 Å². The van der Waals surface area contributed by atoms with Crippen LogP contribution in [0, 0.1) is 11.8 Å². The SMILES string of the molecule is COC(=O)C(CC(C(=O)OC)C1CCCCN1)C1CCCCN1. The van der Waals surface area contributed by atoms with Crippen molar-refractivity contribution in [1.82, 2.24) is 10.6 Å². The number of ether oxygens (including phenoxy) is 2. The maximum Gasteiger partial charge on any atom is 0.310 e. The molecule has 0 aromatic heterocycles. The first kappa shape index (κ1) is 18.2. The summed E-state index contributed by atoms with van der Waals surface area (Å²) in [6.07, 6.45) is 6.86. The summed E-state index contributed by atoms with van der Waals surface area (Å²) in [5.41, 5.74) is 0. The third-order valence-electron chi connectivity index (χ3n) is 5.18. The Bertz CT molecular complexity index is 354. The van der Waals surface area contributed by atoms with E-state index in [2.05, 4.69) is 10.6 Å². The minimum atomic E-state index is -0.298. The van der Waals surface area contributed by atoms with Gasteiger partial charge in [0.15, 0.2) is 0 Å². The van der Waals surface area contributed by atoms with E-state index in [-0.39, 0.29) is 35.9 Å². The molecule has 0 bridgehead atoms. The lowest BCUT2D eigenvalue weighted by Crippen LogP contribution is -2.49. The molecular formula is C17H30N2O4. The number of piperidine rings is 2. The van der Waals surface area contributed by atoms with Gasteiger partial charge in [-0.05, 0) is 45.2 Å². The molecule has 2 saturated heterocycles. The molecule has 0 amide bonds. The molecule has 132 valence electrons. The van der Waals surface area contributed by atoms with Crippen molar-refractivity contribution in [2.45, 2.75) is 57.0 Å². The average Bonchev–Trinajstić information content (AvgIpc) is 2.63. The minimum absolute atomic E-state index is 0.0898. The van der Waals surface area contributed by atoms with Gasteiger partial charge in [-0.25, -0.2) is 0 Å². The van der Waals surface area contributed by atoms with E-state index in [1.165, 1.54) is 14.2 Å². The van der Waals surface area contributed by atoms with E-state index in [4.69, 9.17) is 9.47 Å². The van der Waals surface area contributed by atoms with Crippen LogP contribution in [0.4, 0.5) is 0 Å². The number of methoxy groups -OCH3 is 2. The highest BCUT2D eigenvalue weighted by molar-refractivity contribution is 5.77. The van der Waals surface area contributed by atoms with E-state index in [1.807, 2.05) is 0 Å².